The van der Waals surface area contributed by atoms with E-state index in [9.17, 15) is 4.79 Å². The predicted octanol–water partition coefficient (Wildman–Crippen LogP) is -0.0538. The molecule has 0 saturated carbocycles. The summed E-state index contributed by atoms with van der Waals surface area (Å²) in [6.45, 7) is 0.00691. The fraction of sp³-hybridized carbons (Fsp3) is 0.0714. The number of rotatable bonds is 3. The molecule has 10 nitrogen and oxygen atoms in total. The highest BCUT2D eigenvalue weighted by molar-refractivity contribution is 5.74. The Morgan fingerprint density at radius 1 is 1.21 bits per heavy atom. The summed E-state index contributed by atoms with van der Waals surface area (Å²) >= 11 is 0. The molecule has 3 heterocycles. The first-order valence-corrected chi connectivity index (χ1v) is 6.93. The zero-order valence-corrected chi connectivity index (χ0v) is 12.2. The number of fused-ring (bicyclic) bond motifs is 1. The van der Waals surface area contributed by atoms with Gasteiger partial charge in [0.05, 0.1) is 11.9 Å². The number of nitrogens with zero attached hydrogens (tertiary/aromatic N) is 9. The maximum atomic E-state index is 12.5. The second-order valence-electron chi connectivity index (χ2n) is 4.88. The maximum Gasteiger partial charge on any atom is 0.282 e. The molecule has 0 spiro atoms. The highest BCUT2D eigenvalue weighted by atomic mass is 16.1. The molecule has 0 unspecified atom stereocenters. The largest absolute Gasteiger partial charge is 0.282 e. The van der Waals surface area contributed by atoms with Gasteiger partial charge < -0.3 is 0 Å². The molecule has 116 valence electrons. The fourth-order valence-corrected chi connectivity index (χ4v) is 2.27. The lowest BCUT2D eigenvalue weighted by Crippen LogP contribution is -2.27. The molecule has 24 heavy (non-hydrogen) atoms. The number of hydrogen-bond acceptors (Lipinski definition) is 7. The van der Waals surface area contributed by atoms with Crippen LogP contribution >= 0.6 is 0 Å². The summed E-state index contributed by atoms with van der Waals surface area (Å²) in [4.78, 5) is 16.3. The third-order valence-corrected chi connectivity index (χ3v) is 3.37. The number of aromatic nitrogens is 8. The van der Waals surface area contributed by atoms with Gasteiger partial charge >= 0.3 is 0 Å². The number of nitriles is 1. The molecule has 0 radical (unpaired) electrons. The molecular weight excluding hydrogens is 310 g/mol. The molecule has 0 saturated heterocycles. The Hall–Kier alpha value is -3.87. The van der Waals surface area contributed by atoms with Crippen molar-refractivity contribution in [2.24, 2.45) is 0 Å². The van der Waals surface area contributed by atoms with Gasteiger partial charge in [-0.1, -0.05) is 23.4 Å². The van der Waals surface area contributed by atoms with Crippen molar-refractivity contribution < 1.29 is 0 Å². The highest BCUT2D eigenvalue weighted by Gasteiger charge is 2.13. The van der Waals surface area contributed by atoms with Crippen LogP contribution in [0.3, 0.4) is 0 Å². The molecule has 4 rings (SSSR count). The molecule has 1 aromatic carbocycles. The summed E-state index contributed by atoms with van der Waals surface area (Å²) in [7, 11) is 0. The maximum absolute atomic E-state index is 12.5. The van der Waals surface area contributed by atoms with Gasteiger partial charge in [-0.2, -0.15) is 15.0 Å². The molecule has 0 amide bonds. The van der Waals surface area contributed by atoms with Gasteiger partial charge in [0.2, 0.25) is 0 Å². The second-order valence-corrected chi connectivity index (χ2v) is 4.88. The highest BCUT2D eigenvalue weighted by Crippen LogP contribution is 2.12. The molecule has 0 aliphatic carbocycles. The number of hydrogen-bond donors (Lipinski definition) is 0. The van der Waals surface area contributed by atoms with Gasteiger partial charge in [-0.25, -0.2) is 14.3 Å². The predicted molar refractivity (Wildman–Crippen MR) is 81.1 cm³/mol. The van der Waals surface area contributed by atoms with E-state index < -0.39 is 0 Å². The van der Waals surface area contributed by atoms with E-state index in [1.54, 1.807) is 4.68 Å². The Labute approximate surface area is 134 Å². The first-order valence-electron chi connectivity index (χ1n) is 6.93. The molecule has 4 aromatic rings. The summed E-state index contributed by atoms with van der Waals surface area (Å²) in [6.07, 6.45) is 2.81. The smallest absolute Gasteiger partial charge is 0.267 e. The van der Waals surface area contributed by atoms with Gasteiger partial charge in [-0.3, -0.25) is 4.79 Å². The Morgan fingerprint density at radius 2 is 2.04 bits per heavy atom. The third-order valence-electron chi connectivity index (χ3n) is 3.37. The van der Waals surface area contributed by atoms with Gasteiger partial charge in [-0.15, -0.1) is 10.2 Å². The molecule has 0 bridgehead atoms. The summed E-state index contributed by atoms with van der Waals surface area (Å²) in [5.41, 5.74) is 0.809. The molecule has 3 aromatic heterocycles. The molecular formula is C14H9N9O. The lowest BCUT2D eigenvalue weighted by molar-refractivity contribution is 0.463. The minimum atomic E-state index is -0.351. The van der Waals surface area contributed by atoms with Crippen LogP contribution in [-0.2, 0) is 6.67 Å². The van der Waals surface area contributed by atoms with Gasteiger partial charge in [0, 0.05) is 0 Å². The average Bonchev–Trinajstić information content (AvgIpc) is 3.25. The van der Waals surface area contributed by atoms with E-state index in [2.05, 4.69) is 25.5 Å². The first-order chi connectivity index (χ1) is 11.8. The summed E-state index contributed by atoms with van der Waals surface area (Å²) in [5.74, 6) is 0.0222. The van der Waals surface area contributed by atoms with Crippen molar-refractivity contribution in [3.8, 4) is 11.8 Å². The molecule has 0 fully saturated rings. The Morgan fingerprint density at radius 3 is 2.79 bits per heavy atom. The van der Waals surface area contributed by atoms with Crippen molar-refractivity contribution in [2.45, 2.75) is 6.67 Å². The molecule has 0 atom stereocenters. The molecule has 0 N–H and O–H groups in total. The third kappa shape index (κ3) is 2.20. The lowest BCUT2D eigenvalue weighted by atomic mass is 10.3. The van der Waals surface area contributed by atoms with Crippen LogP contribution in [0.1, 0.15) is 5.82 Å². The Bertz CT molecular complexity index is 1120. The summed E-state index contributed by atoms with van der Waals surface area (Å²) in [5, 5.41) is 25.2. The standard InChI is InChI=1S/C14H9N9O/c15-6-12-16-8-21(19-12)9-22-14(24)11-7-17-23(13(11)18-20-22)10-4-2-1-3-5-10/h1-5,7-8H,9H2. The zero-order chi connectivity index (χ0) is 16.5. The zero-order valence-electron chi connectivity index (χ0n) is 12.2. The number of benzene rings is 1. The van der Waals surface area contributed by atoms with Crippen LogP contribution in [0.5, 0.6) is 0 Å². The number of para-hydroxylation sites is 1. The van der Waals surface area contributed by atoms with Crippen LogP contribution in [0.2, 0.25) is 0 Å². The van der Waals surface area contributed by atoms with E-state index in [0.29, 0.717) is 11.0 Å². The van der Waals surface area contributed by atoms with E-state index >= 15 is 0 Å². The van der Waals surface area contributed by atoms with Crippen molar-refractivity contribution in [1.82, 2.24) is 39.5 Å². The van der Waals surface area contributed by atoms with Crippen molar-refractivity contribution in [1.29, 1.82) is 5.26 Å². The molecule has 0 aliphatic heterocycles. The van der Waals surface area contributed by atoms with Gasteiger partial charge in [-0.05, 0) is 12.1 Å². The fourth-order valence-electron chi connectivity index (χ4n) is 2.27. The summed E-state index contributed by atoms with van der Waals surface area (Å²) < 4.78 is 4.02. The van der Waals surface area contributed by atoms with E-state index in [-0.39, 0.29) is 18.1 Å². The van der Waals surface area contributed by atoms with Gasteiger partial charge in [0.15, 0.2) is 5.65 Å². The average molecular weight is 319 g/mol. The van der Waals surface area contributed by atoms with Gasteiger partial charge in [0.1, 0.15) is 24.5 Å². The quantitative estimate of drug-likeness (QED) is 0.519. The molecule has 0 aliphatic rings. The minimum absolute atomic E-state index is 0.00691. The van der Waals surface area contributed by atoms with Crippen LogP contribution in [0.15, 0.2) is 47.7 Å². The summed E-state index contributed by atoms with van der Waals surface area (Å²) in [6, 6.07) is 11.2. The van der Waals surface area contributed by atoms with Crippen molar-refractivity contribution in [3.63, 3.8) is 0 Å². The van der Waals surface area contributed by atoms with E-state index in [0.717, 1.165) is 10.4 Å². The van der Waals surface area contributed by atoms with Crippen molar-refractivity contribution >= 4 is 11.0 Å². The Kier molecular flexibility index (Phi) is 3.10. The van der Waals surface area contributed by atoms with Crippen LogP contribution in [0, 0.1) is 11.3 Å². The first kappa shape index (κ1) is 13.8. The van der Waals surface area contributed by atoms with Crippen LogP contribution in [0.25, 0.3) is 16.7 Å². The van der Waals surface area contributed by atoms with Crippen molar-refractivity contribution in [2.75, 3.05) is 0 Å². The van der Waals surface area contributed by atoms with Crippen LogP contribution in [-0.4, -0.2) is 39.5 Å². The van der Waals surface area contributed by atoms with Gasteiger partial charge in [0.25, 0.3) is 11.4 Å². The monoisotopic (exact) mass is 319 g/mol. The Balaban J connectivity index is 1.77. The van der Waals surface area contributed by atoms with Crippen LogP contribution < -0.4 is 5.56 Å². The van der Waals surface area contributed by atoms with E-state index in [1.807, 2.05) is 36.4 Å². The topological polar surface area (TPSA) is 120 Å². The molecule has 10 heteroatoms. The minimum Gasteiger partial charge on any atom is -0.267 e. The van der Waals surface area contributed by atoms with Crippen molar-refractivity contribution in [3.05, 3.63) is 59.0 Å². The second kappa shape index (κ2) is 5.40. The lowest BCUT2D eigenvalue weighted by Gasteiger charge is -2.04. The normalized spacial score (nSPS) is 10.8. The van der Waals surface area contributed by atoms with E-state index in [1.165, 1.54) is 17.2 Å². The van der Waals surface area contributed by atoms with Crippen LogP contribution in [0.4, 0.5) is 0 Å². The SMILES string of the molecule is N#Cc1ncn(Cn2nnc3c(cnn3-c3ccccc3)c2=O)n1. The van der Waals surface area contributed by atoms with E-state index in [4.69, 9.17) is 5.26 Å².